The number of alkyl carbamates (subject to hydrolysis) is 1. The van der Waals surface area contributed by atoms with Crippen molar-refractivity contribution in [3.8, 4) is 0 Å². The van der Waals surface area contributed by atoms with Crippen LogP contribution in [-0.4, -0.2) is 19.2 Å². The molecule has 3 nitrogen and oxygen atoms in total. The second kappa shape index (κ2) is 9.56. The lowest BCUT2D eigenvalue weighted by atomic mass is 10.0. The highest BCUT2D eigenvalue weighted by atomic mass is 16.6. The van der Waals surface area contributed by atoms with E-state index in [-0.39, 0.29) is 12.2 Å². The molecule has 0 heterocycles. The van der Waals surface area contributed by atoms with Crippen LogP contribution >= 0.6 is 0 Å². The quantitative estimate of drug-likeness (QED) is 0.679. The van der Waals surface area contributed by atoms with Crippen molar-refractivity contribution in [2.45, 2.75) is 52.1 Å². The van der Waals surface area contributed by atoms with Crippen LogP contribution in [0.5, 0.6) is 0 Å². The lowest BCUT2D eigenvalue weighted by molar-refractivity contribution is 0.0881. The fourth-order valence-corrected chi connectivity index (χ4v) is 1.45. The van der Waals surface area contributed by atoms with Gasteiger partial charge >= 0.3 is 6.09 Å². The third-order valence-electron chi connectivity index (χ3n) is 2.20. The molecular weight excluding hydrogens is 190 g/mol. The SMILES string of the molecule is CC.CNC(=O)OC1CC/C=C/CCC1. The molecule has 3 heteroatoms. The Hall–Kier alpha value is -0.990. The summed E-state index contributed by atoms with van der Waals surface area (Å²) < 4.78 is 5.19. The predicted molar refractivity (Wildman–Crippen MR) is 62.9 cm³/mol. The van der Waals surface area contributed by atoms with Crippen molar-refractivity contribution in [2.24, 2.45) is 0 Å². The summed E-state index contributed by atoms with van der Waals surface area (Å²) >= 11 is 0. The second-order valence-corrected chi connectivity index (χ2v) is 3.26. The Bertz CT molecular complexity index is 190. The van der Waals surface area contributed by atoms with Gasteiger partial charge in [0.15, 0.2) is 0 Å². The van der Waals surface area contributed by atoms with Gasteiger partial charge in [0, 0.05) is 7.05 Å². The number of amides is 1. The van der Waals surface area contributed by atoms with E-state index >= 15 is 0 Å². The molecular formula is C12H23NO2. The molecule has 0 fully saturated rings. The zero-order valence-electron chi connectivity index (χ0n) is 10.1. The summed E-state index contributed by atoms with van der Waals surface area (Å²) in [6.45, 7) is 4.00. The molecule has 0 aliphatic heterocycles. The number of hydrogen-bond acceptors (Lipinski definition) is 2. The first-order chi connectivity index (χ1) is 7.33. The largest absolute Gasteiger partial charge is 0.446 e. The van der Waals surface area contributed by atoms with Crippen LogP contribution in [0.25, 0.3) is 0 Å². The monoisotopic (exact) mass is 213 g/mol. The van der Waals surface area contributed by atoms with E-state index in [4.69, 9.17) is 4.74 Å². The average molecular weight is 213 g/mol. The molecule has 0 aromatic heterocycles. The van der Waals surface area contributed by atoms with Crippen molar-refractivity contribution in [2.75, 3.05) is 7.05 Å². The van der Waals surface area contributed by atoms with E-state index in [1.165, 1.54) is 0 Å². The van der Waals surface area contributed by atoms with Crippen LogP contribution in [0, 0.1) is 0 Å². The van der Waals surface area contributed by atoms with Crippen molar-refractivity contribution in [1.82, 2.24) is 5.32 Å². The van der Waals surface area contributed by atoms with Gasteiger partial charge in [-0.3, -0.25) is 0 Å². The van der Waals surface area contributed by atoms with Crippen LogP contribution in [0.15, 0.2) is 12.2 Å². The number of hydrogen-bond donors (Lipinski definition) is 1. The summed E-state index contributed by atoms with van der Waals surface area (Å²) in [7, 11) is 1.59. The van der Waals surface area contributed by atoms with Crippen LogP contribution in [0.1, 0.15) is 46.0 Å². The van der Waals surface area contributed by atoms with Gasteiger partial charge in [-0.05, 0) is 32.1 Å². The van der Waals surface area contributed by atoms with Crippen molar-refractivity contribution in [3.63, 3.8) is 0 Å². The standard InChI is InChI=1S/C10H17NO2.C2H6/c1-11-10(12)13-9-7-5-3-2-4-6-8-9;1-2/h2-3,9H,4-8H2,1H3,(H,11,12);1-2H3/b3-2+;. The minimum Gasteiger partial charge on any atom is -0.446 e. The molecule has 1 N–H and O–H groups in total. The van der Waals surface area contributed by atoms with Crippen LogP contribution in [0.2, 0.25) is 0 Å². The Balaban J connectivity index is 0.000000921. The number of carbonyl (C=O) groups is 1. The second-order valence-electron chi connectivity index (χ2n) is 3.26. The van der Waals surface area contributed by atoms with E-state index in [0.29, 0.717) is 0 Å². The normalized spacial score (nSPS) is 22.5. The molecule has 0 spiro atoms. The highest BCUT2D eigenvalue weighted by molar-refractivity contribution is 5.66. The number of ether oxygens (including phenoxy) is 1. The first-order valence-corrected chi connectivity index (χ1v) is 5.86. The van der Waals surface area contributed by atoms with Gasteiger partial charge in [-0.2, -0.15) is 0 Å². The zero-order valence-corrected chi connectivity index (χ0v) is 10.1. The topological polar surface area (TPSA) is 38.3 Å². The molecule has 1 rings (SSSR count). The molecule has 0 saturated heterocycles. The van der Waals surface area contributed by atoms with Gasteiger partial charge in [0.25, 0.3) is 0 Å². The lowest BCUT2D eigenvalue weighted by Gasteiger charge is -2.17. The Morgan fingerprint density at radius 1 is 1.27 bits per heavy atom. The minimum atomic E-state index is -0.311. The molecule has 88 valence electrons. The van der Waals surface area contributed by atoms with Gasteiger partial charge < -0.3 is 10.1 Å². The average Bonchev–Trinajstić information content (AvgIpc) is 2.24. The third kappa shape index (κ3) is 7.00. The molecule has 0 aromatic carbocycles. The Labute approximate surface area is 92.9 Å². The molecule has 1 atom stereocenters. The van der Waals surface area contributed by atoms with E-state index in [1.807, 2.05) is 13.8 Å². The maximum absolute atomic E-state index is 10.9. The molecule has 1 aliphatic rings. The summed E-state index contributed by atoms with van der Waals surface area (Å²) in [6.07, 6.45) is 9.32. The molecule has 1 amide bonds. The van der Waals surface area contributed by atoms with Crippen molar-refractivity contribution < 1.29 is 9.53 Å². The number of rotatable bonds is 1. The summed E-state index contributed by atoms with van der Waals surface area (Å²) in [4.78, 5) is 10.9. The summed E-state index contributed by atoms with van der Waals surface area (Å²) in [5.74, 6) is 0. The van der Waals surface area contributed by atoms with Crippen LogP contribution in [0.4, 0.5) is 4.79 Å². The number of nitrogens with one attached hydrogen (secondary N) is 1. The fourth-order valence-electron chi connectivity index (χ4n) is 1.45. The van der Waals surface area contributed by atoms with Crippen LogP contribution < -0.4 is 5.32 Å². The summed E-state index contributed by atoms with van der Waals surface area (Å²) in [6, 6.07) is 0. The molecule has 1 unspecified atom stereocenters. The predicted octanol–water partition coefficient (Wildman–Crippen LogP) is 3.26. The first-order valence-electron chi connectivity index (χ1n) is 5.86. The highest BCUT2D eigenvalue weighted by Gasteiger charge is 2.12. The summed E-state index contributed by atoms with van der Waals surface area (Å²) in [5.41, 5.74) is 0. The van der Waals surface area contributed by atoms with E-state index in [9.17, 15) is 4.79 Å². The molecule has 1 aliphatic carbocycles. The molecule has 0 bridgehead atoms. The van der Waals surface area contributed by atoms with Crippen LogP contribution in [-0.2, 0) is 4.74 Å². The van der Waals surface area contributed by atoms with Crippen LogP contribution in [0.3, 0.4) is 0 Å². The van der Waals surface area contributed by atoms with Gasteiger partial charge in [0.1, 0.15) is 6.10 Å². The van der Waals surface area contributed by atoms with Crippen molar-refractivity contribution >= 4 is 6.09 Å². The highest BCUT2D eigenvalue weighted by Crippen LogP contribution is 2.15. The Morgan fingerprint density at radius 3 is 2.60 bits per heavy atom. The van der Waals surface area contributed by atoms with E-state index in [2.05, 4.69) is 17.5 Å². The lowest BCUT2D eigenvalue weighted by Crippen LogP contribution is -2.26. The van der Waals surface area contributed by atoms with E-state index < -0.39 is 0 Å². The minimum absolute atomic E-state index is 0.102. The van der Waals surface area contributed by atoms with Crippen molar-refractivity contribution in [3.05, 3.63) is 12.2 Å². The van der Waals surface area contributed by atoms with E-state index in [1.54, 1.807) is 7.05 Å². The van der Waals surface area contributed by atoms with Gasteiger partial charge in [0.05, 0.1) is 0 Å². The molecule has 15 heavy (non-hydrogen) atoms. The maximum atomic E-state index is 10.9. The maximum Gasteiger partial charge on any atom is 0.407 e. The fraction of sp³-hybridized carbons (Fsp3) is 0.750. The van der Waals surface area contributed by atoms with Gasteiger partial charge in [-0.25, -0.2) is 4.79 Å². The number of carbonyl (C=O) groups excluding carboxylic acids is 1. The first kappa shape index (κ1) is 14.0. The third-order valence-corrected chi connectivity index (χ3v) is 2.20. The summed E-state index contributed by atoms with van der Waals surface area (Å²) in [5, 5.41) is 2.47. The van der Waals surface area contributed by atoms with Gasteiger partial charge in [0.2, 0.25) is 0 Å². The smallest absolute Gasteiger partial charge is 0.407 e. The zero-order chi connectivity index (χ0) is 11.5. The van der Waals surface area contributed by atoms with E-state index in [0.717, 1.165) is 32.1 Å². The molecule has 0 radical (unpaired) electrons. The molecule has 0 saturated carbocycles. The van der Waals surface area contributed by atoms with Gasteiger partial charge in [-0.1, -0.05) is 26.0 Å². The van der Waals surface area contributed by atoms with Crippen molar-refractivity contribution in [1.29, 1.82) is 0 Å². The molecule has 0 aromatic rings. The Kier molecular flexibility index (Phi) is 8.93. The van der Waals surface area contributed by atoms with Gasteiger partial charge in [-0.15, -0.1) is 0 Å². The number of allylic oxidation sites excluding steroid dienone is 2. The Morgan fingerprint density at radius 2 is 1.93 bits per heavy atom.